The number of amides is 1. The highest BCUT2D eigenvalue weighted by Crippen LogP contribution is 2.15. The number of rotatable bonds is 1. The average Bonchev–Trinajstić information content (AvgIpc) is 2.48. The molecule has 1 heterocycles. The van der Waals surface area contributed by atoms with Gasteiger partial charge in [-0.25, -0.2) is 0 Å². The van der Waals surface area contributed by atoms with E-state index in [4.69, 9.17) is 5.11 Å². The van der Waals surface area contributed by atoms with E-state index in [2.05, 4.69) is 30.7 Å². The van der Waals surface area contributed by atoms with E-state index in [1.807, 2.05) is 30.0 Å². The molecule has 4 heteroatoms. The third kappa shape index (κ3) is 3.63. The van der Waals surface area contributed by atoms with Gasteiger partial charge in [0.1, 0.15) is 6.61 Å². The number of benzene rings is 1. The van der Waals surface area contributed by atoms with Crippen molar-refractivity contribution in [2.24, 2.45) is 0 Å². The molecule has 1 saturated heterocycles. The average molecular weight is 286 g/mol. The minimum absolute atomic E-state index is 0.0831. The molecule has 1 aromatic carbocycles. The Morgan fingerprint density at radius 2 is 2.19 bits per heavy atom. The molecule has 1 aromatic rings. The van der Waals surface area contributed by atoms with Crippen LogP contribution in [-0.2, 0) is 0 Å². The maximum atomic E-state index is 12.6. The van der Waals surface area contributed by atoms with Gasteiger partial charge in [0, 0.05) is 36.8 Å². The highest BCUT2D eigenvalue weighted by molar-refractivity contribution is 5.94. The topological polar surface area (TPSA) is 43.8 Å². The first kappa shape index (κ1) is 15.6. The summed E-state index contributed by atoms with van der Waals surface area (Å²) in [5.74, 6) is 5.61. The van der Waals surface area contributed by atoms with Gasteiger partial charge in [0.2, 0.25) is 0 Å². The zero-order valence-corrected chi connectivity index (χ0v) is 12.9. The Labute approximate surface area is 126 Å². The number of aryl methyl sites for hydroxylation is 1. The lowest BCUT2D eigenvalue weighted by Crippen LogP contribution is -2.52. The maximum absolute atomic E-state index is 12.6. The predicted octanol–water partition coefficient (Wildman–Crippen LogP) is 1.11. The fourth-order valence-corrected chi connectivity index (χ4v) is 2.49. The zero-order chi connectivity index (χ0) is 15.4. The Kier molecular flexibility index (Phi) is 5.00. The van der Waals surface area contributed by atoms with Crippen LogP contribution in [0.3, 0.4) is 0 Å². The third-order valence-corrected chi connectivity index (χ3v) is 4.02. The Morgan fingerprint density at radius 1 is 1.43 bits per heavy atom. The third-order valence-electron chi connectivity index (χ3n) is 4.02. The normalized spacial score (nSPS) is 19.0. The number of aliphatic hydroxyl groups excluding tert-OH is 1. The summed E-state index contributed by atoms with van der Waals surface area (Å²) >= 11 is 0. The lowest BCUT2D eigenvalue weighted by molar-refractivity contribution is 0.0572. The van der Waals surface area contributed by atoms with Crippen LogP contribution in [0.2, 0.25) is 0 Å². The minimum Gasteiger partial charge on any atom is -0.384 e. The second kappa shape index (κ2) is 6.75. The second-order valence-electron chi connectivity index (χ2n) is 5.57. The molecular formula is C17H22N2O2. The number of likely N-dealkylation sites (N-methyl/N-ethyl adjacent to an activating group) is 1. The molecule has 0 radical (unpaired) electrons. The van der Waals surface area contributed by atoms with Crippen molar-refractivity contribution in [3.63, 3.8) is 0 Å². The number of aliphatic hydroxyl groups is 1. The second-order valence-corrected chi connectivity index (χ2v) is 5.57. The van der Waals surface area contributed by atoms with Crippen molar-refractivity contribution in [2.45, 2.75) is 19.9 Å². The molecule has 21 heavy (non-hydrogen) atoms. The van der Waals surface area contributed by atoms with E-state index >= 15 is 0 Å². The number of piperazine rings is 1. The van der Waals surface area contributed by atoms with Gasteiger partial charge < -0.3 is 14.9 Å². The SMILES string of the molecule is Cc1cc(C(=O)N2CCN(C)C(C)C2)ccc1C#CCO. The monoisotopic (exact) mass is 286 g/mol. The van der Waals surface area contributed by atoms with Gasteiger partial charge >= 0.3 is 0 Å². The smallest absolute Gasteiger partial charge is 0.253 e. The molecule has 1 aliphatic rings. The van der Waals surface area contributed by atoms with Crippen molar-refractivity contribution >= 4 is 5.91 Å². The first-order chi connectivity index (χ1) is 10.0. The molecule has 1 N–H and O–H groups in total. The molecule has 1 atom stereocenters. The van der Waals surface area contributed by atoms with Gasteiger partial charge in [-0.15, -0.1) is 0 Å². The fourth-order valence-electron chi connectivity index (χ4n) is 2.49. The van der Waals surface area contributed by atoms with Crippen molar-refractivity contribution < 1.29 is 9.90 Å². The van der Waals surface area contributed by atoms with Crippen molar-refractivity contribution in [3.05, 3.63) is 34.9 Å². The number of carbonyl (C=O) groups excluding carboxylic acids is 1. The van der Waals surface area contributed by atoms with E-state index in [0.717, 1.165) is 30.8 Å². The molecule has 1 unspecified atom stereocenters. The van der Waals surface area contributed by atoms with Crippen LogP contribution in [0.4, 0.5) is 0 Å². The Bertz CT molecular complexity index is 586. The Balaban J connectivity index is 2.15. The molecule has 0 saturated carbocycles. The highest BCUT2D eigenvalue weighted by Gasteiger charge is 2.25. The van der Waals surface area contributed by atoms with Crippen LogP contribution >= 0.6 is 0 Å². The number of nitrogens with zero attached hydrogens (tertiary/aromatic N) is 2. The van der Waals surface area contributed by atoms with Gasteiger partial charge in [0.15, 0.2) is 0 Å². The van der Waals surface area contributed by atoms with E-state index in [-0.39, 0.29) is 12.5 Å². The van der Waals surface area contributed by atoms with Crippen molar-refractivity contribution in [3.8, 4) is 11.8 Å². The van der Waals surface area contributed by atoms with E-state index in [0.29, 0.717) is 11.6 Å². The van der Waals surface area contributed by atoms with Gasteiger partial charge in [0.25, 0.3) is 5.91 Å². The number of carbonyl (C=O) groups is 1. The van der Waals surface area contributed by atoms with Gasteiger partial charge in [-0.05, 0) is 44.7 Å². The van der Waals surface area contributed by atoms with Crippen molar-refractivity contribution in [1.82, 2.24) is 9.80 Å². The standard InChI is InChI=1S/C17H22N2O2/c1-13-11-16(7-6-15(13)5-4-10-20)17(21)19-9-8-18(3)14(2)12-19/h6-7,11,14,20H,8-10,12H2,1-3H3. The molecule has 2 rings (SSSR count). The van der Waals surface area contributed by atoms with Crippen LogP contribution in [0.5, 0.6) is 0 Å². The summed E-state index contributed by atoms with van der Waals surface area (Å²) in [7, 11) is 2.09. The molecule has 1 aliphatic heterocycles. The lowest BCUT2D eigenvalue weighted by Gasteiger charge is -2.37. The van der Waals surface area contributed by atoms with Crippen LogP contribution < -0.4 is 0 Å². The highest BCUT2D eigenvalue weighted by atomic mass is 16.2. The summed E-state index contributed by atoms with van der Waals surface area (Å²) in [6, 6.07) is 5.94. The quantitative estimate of drug-likeness (QED) is 0.787. The van der Waals surface area contributed by atoms with E-state index in [1.54, 1.807) is 0 Å². The van der Waals surface area contributed by atoms with Crippen LogP contribution in [0, 0.1) is 18.8 Å². The molecule has 1 fully saturated rings. The van der Waals surface area contributed by atoms with Crippen molar-refractivity contribution in [2.75, 3.05) is 33.3 Å². The van der Waals surface area contributed by atoms with E-state index in [9.17, 15) is 4.79 Å². The first-order valence-electron chi connectivity index (χ1n) is 7.23. The number of hydrogen-bond donors (Lipinski definition) is 1. The zero-order valence-electron chi connectivity index (χ0n) is 12.9. The maximum Gasteiger partial charge on any atom is 0.253 e. The van der Waals surface area contributed by atoms with Gasteiger partial charge in [-0.3, -0.25) is 4.79 Å². The molecule has 4 nitrogen and oxygen atoms in total. The van der Waals surface area contributed by atoms with Crippen LogP contribution in [0.25, 0.3) is 0 Å². The van der Waals surface area contributed by atoms with Crippen LogP contribution in [0.15, 0.2) is 18.2 Å². The van der Waals surface area contributed by atoms with Crippen LogP contribution in [0.1, 0.15) is 28.4 Å². The summed E-state index contributed by atoms with van der Waals surface area (Å²) in [5.41, 5.74) is 2.52. The number of hydrogen-bond acceptors (Lipinski definition) is 3. The van der Waals surface area contributed by atoms with Crippen LogP contribution in [-0.4, -0.2) is 60.1 Å². The summed E-state index contributed by atoms with van der Waals surface area (Å²) in [4.78, 5) is 16.7. The largest absolute Gasteiger partial charge is 0.384 e. The van der Waals surface area contributed by atoms with Gasteiger partial charge in [0.05, 0.1) is 0 Å². The summed E-state index contributed by atoms with van der Waals surface area (Å²) in [6.45, 7) is 6.36. The van der Waals surface area contributed by atoms with Crippen molar-refractivity contribution in [1.29, 1.82) is 0 Å². The van der Waals surface area contributed by atoms with Gasteiger partial charge in [-0.1, -0.05) is 11.8 Å². The summed E-state index contributed by atoms with van der Waals surface area (Å²) < 4.78 is 0. The molecule has 0 bridgehead atoms. The minimum atomic E-state index is -0.153. The van der Waals surface area contributed by atoms with E-state index in [1.165, 1.54) is 0 Å². The molecule has 0 spiro atoms. The summed E-state index contributed by atoms with van der Waals surface area (Å²) in [5, 5.41) is 8.74. The molecule has 0 aliphatic carbocycles. The molecular weight excluding hydrogens is 264 g/mol. The lowest BCUT2D eigenvalue weighted by atomic mass is 10.0. The van der Waals surface area contributed by atoms with Gasteiger partial charge in [-0.2, -0.15) is 0 Å². The predicted molar refractivity (Wildman–Crippen MR) is 83.1 cm³/mol. The Morgan fingerprint density at radius 3 is 2.81 bits per heavy atom. The fraction of sp³-hybridized carbons (Fsp3) is 0.471. The molecule has 1 amide bonds. The Hall–Kier alpha value is -1.83. The first-order valence-corrected chi connectivity index (χ1v) is 7.23. The van der Waals surface area contributed by atoms with E-state index < -0.39 is 0 Å². The molecule has 112 valence electrons. The summed E-state index contributed by atoms with van der Waals surface area (Å²) in [6.07, 6.45) is 0. The molecule has 0 aromatic heterocycles.